The van der Waals surface area contributed by atoms with Gasteiger partial charge in [-0.2, -0.15) is 0 Å². The minimum absolute atomic E-state index is 0. The van der Waals surface area contributed by atoms with Gasteiger partial charge in [0.05, 0.1) is 6.04 Å². The van der Waals surface area contributed by atoms with Crippen LogP contribution in [0.4, 0.5) is 4.39 Å². The van der Waals surface area contributed by atoms with Gasteiger partial charge in [-0.1, -0.05) is 6.42 Å². The average molecular weight is 330 g/mol. The summed E-state index contributed by atoms with van der Waals surface area (Å²) in [6.07, 6.45) is 3.03. The van der Waals surface area contributed by atoms with Crippen molar-refractivity contribution >= 4 is 24.2 Å². The molecule has 122 valence electrons. The Morgan fingerprint density at radius 1 is 1.14 bits per heavy atom. The number of carbonyl (C=O) groups excluding carboxylic acids is 2. The van der Waals surface area contributed by atoms with E-state index < -0.39 is 0 Å². The molecule has 1 atom stereocenters. The van der Waals surface area contributed by atoms with E-state index >= 15 is 0 Å². The van der Waals surface area contributed by atoms with Crippen LogP contribution in [-0.4, -0.2) is 37.5 Å². The first-order valence-corrected chi connectivity index (χ1v) is 7.21. The maximum absolute atomic E-state index is 12.7. The van der Waals surface area contributed by atoms with E-state index in [2.05, 4.69) is 16.0 Å². The van der Waals surface area contributed by atoms with Gasteiger partial charge >= 0.3 is 0 Å². The first-order valence-electron chi connectivity index (χ1n) is 7.21. The Morgan fingerprint density at radius 3 is 2.45 bits per heavy atom. The quantitative estimate of drug-likeness (QED) is 0.712. The van der Waals surface area contributed by atoms with Crippen molar-refractivity contribution in [2.75, 3.05) is 19.6 Å². The van der Waals surface area contributed by atoms with E-state index in [1.807, 2.05) is 0 Å². The smallest absolute Gasteiger partial charge is 0.251 e. The van der Waals surface area contributed by atoms with Gasteiger partial charge in [0.2, 0.25) is 5.91 Å². The van der Waals surface area contributed by atoms with Crippen molar-refractivity contribution in [1.82, 2.24) is 16.0 Å². The molecule has 1 aromatic carbocycles. The van der Waals surface area contributed by atoms with Crippen molar-refractivity contribution in [2.45, 2.75) is 25.3 Å². The summed E-state index contributed by atoms with van der Waals surface area (Å²) < 4.78 is 12.7. The van der Waals surface area contributed by atoms with Crippen molar-refractivity contribution in [1.29, 1.82) is 0 Å². The topological polar surface area (TPSA) is 70.2 Å². The van der Waals surface area contributed by atoms with Gasteiger partial charge in [0.15, 0.2) is 0 Å². The fraction of sp³-hybridized carbons (Fsp3) is 0.467. The molecule has 22 heavy (non-hydrogen) atoms. The standard InChI is InChI=1S/C15H20FN3O2.ClH/c16-12-6-4-11(5-7-12)14(20)18-9-10-19-15(21)13-3-1-2-8-17-13;/h4-7,13,17H,1-3,8-10H2,(H,18,20)(H,19,21);1H. The molecule has 1 aliphatic rings. The monoisotopic (exact) mass is 329 g/mol. The zero-order valence-electron chi connectivity index (χ0n) is 12.2. The highest BCUT2D eigenvalue weighted by Crippen LogP contribution is 2.06. The molecule has 0 radical (unpaired) electrons. The number of nitrogens with one attached hydrogen (secondary N) is 3. The van der Waals surface area contributed by atoms with E-state index in [1.54, 1.807) is 0 Å². The summed E-state index contributed by atoms with van der Waals surface area (Å²) in [6.45, 7) is 1.60. The Bertz CT molecular complexity index is 490. The molecule has 0 bridgehead atoms. The fourth-order valence-electron chi connectivity index (χ4n) is 2.26. The summed E-state index contributed by atoms with van der Waals surface area (Å²) in [6, 6.07) is 5.22. The number of carbonyl (C=O) groups is 2. The van der Waals surface area contributed by atoms with Crippen molar-refractivity contribution < 1.29 is 14.0 Å². The van der Waals surface area contributed by atoms with E-state index in [-0.39, 0.29) is 36.1 Å². The summed E-state index contributed by atoms with van der Waals surface area (Å²) >= 11 is 0. The van der Waals surface area contributed by atoms with Crippen molar-refractivity contribution in [3.8, 4) is 0 Å². The number of hydrogen-bond acceptors (Lipinski definition) is 3. The molecule has 3 N–H and O–H groups in total. The maximum atomic E-state index is 12.7. The Kier molecular flexibility index (Phi) is 7.84. The van der Waals surface area contributed by atoms with Crippen molar-refractivity contribution in [3.05, 3.63) is 35.6 Å². The van der Waals surface area contributed by atoms with E-state index in [0.29, 0.717) is 18.7 Å². The zero-order chi connectivity index (χ0) is 15.1. The van der Waals surface area contributed by atoms with Crippen LogP contribution in [-0.2, 0) is 4.79 Å². The number of rotatable bonds is 5. The molecule has 2 amide bonds. The third-order valence-corrected chi connectivity index (χ3v) is 3.44. The molecule has 0 aromatic heterocycles. The Balaban J connectivity index is 0.00000242. The lowest BCUT2D eigenvalue weighted by atomic mass is 10.0. The van der Waals surface area contributed by atoms with Crippen LogP contribution in [0.25, 0.3) is 0 Å². The fourth-order valence-corrected chi connectivity index (χ4v) is 2.26. The van der Waals surface area contributed by atoms with Gasteiger partial charge in [-0.05, 0) is 43.7 Å². The highest BCUT2D eigenvalue weighted by molar-refractivity contribution is 5.94. The number of amides is 2. The van der Waals surface area contributed by atoms with Gasteiger partial charge in [-0.3, -0.25) is 9.59 Å². The average Bonchev–Trinajstić information content (AvgIpc) is 2.52. The third kappa shape index (κ3) is 5.61. The van der Waals surface area contributed by atoms with Crippen molar-refractivity contribution in [2.24, 2.45) is 0 Å². The van der Waals surface area contributed by atoms with E-state index in [0.717, 1.165) is 25.8 Å². The summed E-state index contributed by atoms with van der Waals surface area (Å²) in [4.78, 5) is 23.6. The highest BCUT2D eigenvalue weighted by atomic mass is 35.5. The second kappa shape index (κ2) is 9.38. The van der Waals surface area contributed by atoms with Gasteiger partial charge < -0.3 is 16.0 Å². The summed E-state index contributed by atoms with van der Waals surface area (Å²) in [7, 11) is 0. The predicted octanol–water partition coefficient (Wildman–Crippen LogP) is 1.24. The third-order valence-electron chi connectivity index (χ3n) is 3.44. The predicted molar refractivity (Wildman–Crippen MR) is 84.6 cm³/mol. The molecule has 1 aliphatic heterocycles. The lowest BCUT2D eigenvalue weighted by Crippen LogP contribution is -2.48. The Morgan fingerprint density at radius 2 is 1.82 bits per heavy atom. The minimum atomic E-state index is -0.376. The van der Waals surface area contributed by atoms with Crippen LogP contribution >= 0.6 is 12.4 Å². The normalized spacial score (nSPS) is 17.2. The van der Waals surface area contributed by atoms with Crippen LogP contribution in [0.15, 0.2) is 24.3 Å². The Hall–Kier alpha value is -1.66. The molecule has 1 unspecified atom stereocenters. The van der Waals surface area contributed by atoms with E-state index in [9.17, 15) is 14.0 Å². The molecule has 5 nitrogen and oxygen atoms in total. The van der Waals surface area contributed by atoms with E-state index in [1.165, 1.54) is 24.3 Å². The second-order valence-corrected chi connectivity index (χ2v) is 5.06. The number of hydrogen-bond donors (Lipinski definition) is 3. The molecule has 1 heterocycles. The summed E-state index contributed by atoms with van der Waals surface area (Å²) in [5, 5.41) is 8.64. The van der Waals surface area contributed by atoms with Crippen LogP contribution in [0.1, 0.15) is 29.6 Å². The molecule has 1 saturated heterocycles. The molecule has 7 heteroatoms. The van der Waals surface area contributed by atoms with Gasteiger partial charge in [0, 0.05) is 18.7 Å². The van der Waals surface area contributed by atoms with Crippen LogP contribution in [0, 0.1) is 5.82 Å². The van der Waals surface area contributed by atoms with Crippen LogP contribution in [0.2, 0.25) is 0 Å². The highest BCUT2D eigenvalue weighted by Gasteiger charge is 2.19. The van der Waals surface area contributed by atoms with Gasteiger partial charge in [-0.25, -0.2) is 4.39 Å². The summed E-state index contributed by atoms with van der Waals surface area (Å²) in [5.74, 6) is -0.676. The zero-order valence-corrected chi connectivity index (χ0v) is 13.0. The molecular weight excluding hydrogens is 309 g/mol. The lowest BCUT2D eigenvalue weighted by molar-refractivity contribution is -0.123. The SMILES string of the molecule is Cl.O=C(NCCNC(=O)C1CCCCN1)c1ccc(F)cc1. The molecule has 2 rings (SSSR count). The van der Waals surface area contributed by atoms with Gasteiger partial charge in [0.25, 0.3) is 5.91 Å². The van der Waals surface area contributed by atoms with Gasteiger partial charge in [0.1, 0.15) is 5.82 Å². The molecular formula is C15H21ClFN3O2. The summed E-state index contributed by atoms with van der Waals surface area (Å²) in [5.41, 5.74) is 0.400. The van der Waals surface area contributed by atoms with Crippen LogP contribution in [0.3, 0.4) is 0 Å². The van der Waals surface area contributed by atoms with Crippen LogP contribution < -0.4 is 16.0 Å². The minimum Gasteiger partial charge on any atom is -0.353 e. The van der Waals surface area contributed by atoms with Gasteiger partial charge in [-0.15, -0.1) is 12.4 Å². The number of benzene rings is 1. The molecule has 0 spiro atoms. The Labute approximate surface area is 135 Å². The number of piperidine rings is 1. The first kappa shape index (κ1) is 18.4. The largest absolute Gasteiger partial charge is 0.353 e. The number of halogens is 2. The maximum Gasteiger partial charge on any atom is 0.251 e. The lowest BCUT2D eigenvalue weighted by Gasteiger charge is -2.22. The second-order valence-electron chi connectivity index (χ2n) is 5.06. The molecule has 1 fully saturated rings. The van der Waals surface area contributed by atoms with Crippen molar-refractivity contribution in [3.63, 3.8) is 0 Å². The molecule has 1 aromatic rings. The molecule has 0 saturated carbocycles. The first-order chi connectivity index (χ1) is 10.2. The molecule has 0 aliphatic carbocycles. The van der Waals surface area contributed by atoms with E-state index in [4.69, 9.17) is 0 Å². The van der Waals surface area contributed by atoms with Crippen LogP contribution in [0.5, 0.6) is 0 Å².